The van der Waals surface area contributed by atoms with Gasteiger partial charge in [0.25, 0.3) is 0 Å². The molecule has 0 aliphatic heterocycles. The minimum absolute atomic E-state index is 0.0203. The topological polar surface area (TPSA) is 166 Å². The molecule has 4 atom stereocenters. The number of aliphatic imine (C=N–C) groups is 1. The third-order valence-corrected chi connectivity index (χ3v) is 4.89. The highest BCUT2D eigenvalue weighted by Crippen LogP contribution is 2.10. The predicted molar refractivity (Wildman–Crippen MR) is 117 cm³/mol. The SMILES string of the molecule is CCC(C)C(NC(=O)C(N)Cc1ccccc1)C(=O)NC(C=O)CCCN=C(N)N. The lowest BCUT2D eigenvalue weighted by Crippen LogP contribution is -2.56. The number of rotatable bonds is 13. The molecule has 0 saturated carbocycles. The van der Waals surface area contributed by atoms with Crippen molar-refractivity contribution in [3.63, 3.8) is 0 Å². The number of nitrogens with zero attached hydrogens (tertiary/aromatic N) is 1. The number of carbonyl (C=O) groups is 3. The molecule has 9 heteroatoms. The summed E-state index contributed by atoms with van der Waals surface area (Å²) in [6.45, 7) is 4.15. The molecule has 30 heavy (non-hydrogen) atoms. The number of amides is 2. The molecule has 0 radical (unpaired) electrons. The molecular formula is C21H34N6O3. The molecule has 0 spiro atoms. The van der Waals surface area contributed by atoms with Gasteiger partial charge in [-0.2, -0.15) is 0 Å². The van der Waals surface area contributed by atoms with E-state index >= 15 is 0 Å². The van der Waals surface area contributed by atoms with Crippen molar-refractivity contribution in [1.82, 2.24) is 10.6 Å². The summed E-state index contributed by atoms with van der Waals surface area (Å²) in [4.78, 5) is 40.6. The van der Waals surface area contributed by atoms with Crippen LogP contribution in [-0.2, 0) is 20.8 Å². The van der Waals surface area contributed by atoms with E-state index in [4.69, 9.17) is 17.2 Å². The third-order valence-electron chi connectivity index (χ3n) is 4.89. The summed E-state index contributed by atoms with van der Waals surface area (Å²) in [7, 11) is 0. The second kappa shape index (κ2) is 13.3. The molecule has 8 N–H and O–H groups in total. The number of nitrogens with one attached hydrogen (secondary N) is 2. The fourth-order valence-electron chi connectivity index (χ4n) is 2.89. The number of hydrogen-bond acceptors (Lipinski definition) is 5. The van der Waals surface area contributed by atoms with Crippen LogP contribution in [0.3, 0.4) is 0 Å². The van der Waals surface area contributed by atoms with Gasteiger partial charge in [0.2, 0.25) is 11.8 Å². The van der Waals surface area contributed by atoms with Crippen LogP contribution in [-0.4, -0.2) is 48.7 Å². The predicted octanol–water partition coefficient (Wildman–Crippen LogP) is -0.175. The molecule has 4 unspecified atom stereocenters. The van der Waals surface area contributed by atoms with E-state index in [0.717, 1.165) is 5.56 Å². The van der Waals surface area contributed by atoms with Gasteiger partial charge in [-0.05, 0) is 30.7 Å². The highest BCUT2D eigenvalue weighted by Gasteiger charge is 2.29. The summed E-state index contributed by atoms with van der Waals surface area (Å²) in [5.74, 6) is -0.974. The van der Waals surface area contributed by atoms with Crippen LogP contribution < -0.4 is 27.8 Å². The number of hydrogen-bond donors (Lipinski definition) is 5. The Labute approximate surface area is 177 Å². The molecule has 0 aromatic heterocycles. The van der Waals surface area contributed by atoms with Crippen molar-refractivity contribution in [2.24, 2.45) is 28.1 Å². The molecule has 1 rings (SSSR count). The van der Waals surface area contributed by atoms with Gasteiger partial charge in [0, 0.05) is 6.54 Å². The largest absolute Gasteiger partial charge is 0.370 e. The van der Waals surface area contributed by atoms with Crippen LogP contribution in [0.2, 0.25) is 0 Å². The van der Waals surface area contributed by atoms with Crippen molar-refractivity contribution in [2.45, 2.75) is 57.7 Å². The van der Waals surface area contributed by atoms with Gasteiger partial charge in [-0.1, -0.05) is 50.6 Å². The summed E-state index contributed by atoms with van der Waals surface area (Å²) < 4.78 is 0. The highest BCUT2D eigenvalue weighted by atomic mass is 16.2. The maximum atomic E-state index is 12.8. The van der Waals surface area contributed by atoms with Crippen LogP contribution >= 0.6 is 0 Å². The molecule has 0 aliphatic carbocycles. The zero-order chi connectivity index (χ0) is 22.5. The average molecular weight is 419 g/mol. The number of aldehydes is 1. The maximum Gasteiger partial charge on any atom is 0.243 e. The lowest BCUT2D eigenvalue weighted by atomic mass is 9.96. The molecule has 166 valence electrons. The Hall–Kier alpha value is -2.94. The number of guanidine groups is 1. The van der Waals surface area contributed by atoms with Crippen molar-refractivity contribution in [3.8, 4) is 0 Å². The van der Waals surface area contributed by atoms with Gasteiger partial charge in [-0.25, -0.2) is 0 Å². The van der Waals surface area contributed by atoms with E-state index in [2.05, 4.69) is 15.6 Å². The summed E-state index contributed by atoms with van der Waals surface area (Å²) in [6, 6.07) is 7.17. The van der Waals surface area contributed by atoms with Gasteiger partial charge < -0.3 is 32.6 Å². The summed E-state index contributed by atoms with van der Waals surface area (Å²) in [5.41, 5.74) is 17.5. The van der Waals surface area contributed by atoms with E-state index in [-0.39, 0.29) is 11.9 Å². The molecule has 0 aliphatic rings. The smallest absolute Gasteiger partial charge is 0.243 e. The Morgan fingerprint density at radius 2 is 1.80 bits per heavy atom. The van der Waals surface area contributed by atoms with Gasteiger partial charge in [0.05, 0.1) is 12.1 Å². The van der Waals surface area contributed by atoms with Crippen LogP contribution in [0.1, 0.15) is 38.7 Å². The first-order chi connectivity index (χ1) is 14.3. The molecule has 0 bridgehead atoms. The van der Waals surface area contributed by atoms with E-state index in [9.17, 15) is 14.4 Å². The van der Waals surface area contributed by atoms with Gasteiger partial charge in [0.1, 0.15) is 12.3 Å². The second-order valence-electron chi connectivity index (χ2n) is 7.37. The first-order valence-electron chi connectivity index (χ1n) is 10.2. The Balaban J connectivity index is 2.69. The molecule has 9 nitrogen and oxygen atoms in total. The number of carbonyl (C=O) groups excluding carboxylic acids is 3. The van der Waals surface area contributed by atoms with Crippen molar-refractivity contribution in [1.29, 1.82) is 0 Å². The minimum Gasteiger partial charge on any atom is -0.370 e. The standard InChI is InChI=1S/C21H34N6O3/c1-3-14(2)18(20(30)26-16(13-28)10-7-11-25-21(23)24)27-19(29)17(22)12-15-8-5-4-6-9-15/h4-6,8-9,13-14,16-18H,3,7,10-12,22H2,1-2H3,(H,26,30)(H,27,29)(H4,23,24,25). The normalized spacial score (nSPS) is 14.6. The lowest BCUT2D eigenvalue weighted by molar-refractivity contribution is -0.131. The van der Waals surface area contributed by atoms with Gasteiger partial charge >= 0.3 is 0 Å². The van der Waals surface area contributed by atoms with Crippen molar-refractivity contribution >= 4 is 24.1 Å². The van der Waals surface area contributed by atoms with E-state index in [0.29, 0.717) is 38.5 Å². The molecule has 0 saturated heterocycles. The molecule has 1 aromatic rings. The van der Waals surface area contributed by atoms with Crippen LogP contribution in [0.5, 0.6) is 0 Å². The molecular weight excluding hydrogens is 384 g/mol. The van der Waals surface area contributed by atoms with Crippen molar-refractivity contribution in [2.75, 3.05) is 6.54 Å². The fraction of sp³-hybridized carbons (Fsp3) is 0.524. The second-order valence-corrected chi connectivity index (χ2v) is 7.37. The Bertz CT molecular complexity index is 706. The summed E-state index contributed by atoms with van der Waals surface area (Å²) >= 11 is 0. The number of benzene rings is 1. The molecule has 2 amide bonds. The van der Waals surface area contributed by atoms with Crippen molar-refractivity contribution < 1.29 is 14.4 Å². The van der Waals surface area contributed by atoms with Gasteiger partial charge in [-0.3, -0.25) is 14.6 Å². The van der Waals surface area contributed by atoms with Crippen LogP contribution in [0.25, 0.3) is 0 Å². The minimum atomic E-state index is -0.788. The first kappa shape index (κ1) is 25.1. The van der Waals surface area contributed by atoms with E-state index in [1.54, 1.807) is 0 Å². The van der Waals surface area contributed by atoms with E-state index in [1.807, 2.05) is 44.2 Å². The van der Waals surface area contributed by atoms with Crippen LogP contribution in [0, 0.1) is 5.92 Å². The van der Waals surface area contributed by atoms with E-state index in [1.165, 1.54) is 0 Å². The van der Waals surface area contributed by atoms with Crippen LogP contribution in [0.15, 0.2) is 35.3 Å². The third kappa shape index (κ3) is 9.04. The summed E-state index contributed by atoms with van der Waals surface area (Å²) in [5, 5.41) is 5.44. The van der Waals surface area contributed by atoms with Crippen LogP contribution in [0.4, 0.5) is 0 Å². The lowest BCUT2D eigenvalue weighted by Gasteiger charge is -2.26. The van der Waals surface area contributed by atoms with Crippen molar-refractivity contribution in [3.05, 3.63) is 35.9 Å². The fourth-order valence-corrected chi connectivity index (χ4v) is 2.89. The zero-order valence-corrected chi connectivity index (χ0v) is 17.7. The van der Waals surface area contributed by atoms with Gasteiger partial charge in [-0.15, -0.1) is 0 Å². The molecule has 1 aromatic carbocycles. The van der Waals surface area contributed by atoms with Gasteiger partial charge in [0.15, 0.2) is 5.96 Å². The molecule has 0 fully saturated rings. The first-order valence-corrected chi connectivity index (χ1v) is 10.2. The average Bonchev–Trinajstić information content (AvgIpc) is 2.73. The zero-order valence-electron chi connectivity index (χ0n) is 17.7. The van der Waals surface area contributed by atoms with E-state index < -0.39 is 29.9 Å². The highest BCUT2D eigenvalue weighted by molar-refractivity contribution is 5.91. The number of nitrogens with two attached hydrogens (primary N) is 3. The monoisotopic (exact) mass is 418 g/mol. The molecule has 0 heterocycles. The Morgan fingerprint density at radius 3 is 2.37 bits per heavy atom. The maximum absolute atomic E-state index is 12.8. The summed E-state index contributed by atoms with van der Waals surface area (Å²) in [6.07, 6.45) is 2.63. The Morgan fingerprint density at radius 1 is 1.13 bits per heavy atom. The Kier molecular flexibility index (Phi) is 11.1. The quantitative estimate of drug-likeness (QED) is 0.129.